The fraction of sp³-hybridized carbons (Fsp3) is 0.292. The van der Waals surface area contributed by atoms with Crippen LogP contribution in [-0.4, -0.2) is 37.6 Å². The second-order valence-electron chi connectivity index (χ2n) is 7.72. The summed E-state index contributed by atoms with van der Waals surface area (Å²) in [6, 6.07) is 12.0. The highest BCUT2D eigenvalue weighted by Crippen LogP contribution is 2.27. The fourth-order valence-electron chi connectivity index (χ4n) is 3.28. The monoisotopic (exact) mass is 483 g/mol. The van der Waals surface area contributed by atoms with Crippen LogP contribution in [0.3, 0.4) is 0 Å². The van der Waals surface area contributed by atoms with Crippen molar-refractivity contribution in [3.8, 4) is 0 Å². The molecule has 0 radical (unpaired) electrons. The van der Waals surface area contributed by atoms with E-state index in [0.717, 1.165) is 0 Å². The molecule has 10 heteroatoms. The Morgan fingerprint density at radius 3 is 2.53 bits per heavy atom. The predicted octanol–water partition coefficient (Wildman–Crippen LogP) is 4.16. The first kappa shape index (κ1) is 25.1. The number of Topliss-reactive ketones (excluding diaryl/α,β-unsaturated/α-hetero) is 1. The summed E-state index contributed by atoms with van der Waals surface area (Å²) in [5, 5.41) is 14.0. The fourth-order valence-corrected chi connectivity index (χ4v) is 4.21. The average Bonchev–Trinajstić information content (AvgIpc) is 3.17. The maximum Gasteiger partial charge on any atom is 0.254 e. The molecular formula is C24H26FN5O3S. The molecule has 1 heterocycles. The van der Waals surface area contributed by atoms with E-state index >= 15 is 0 Å². The van der Waals surface area contributed by atoms with Gasteiger partial charge in [-0.3, -0.25) is 14.4 Å². The molecule has 2 aromatic carbocycles. The summed E-state index contributed by atoms with van der Waals surface area (Å²) in [6.45, 7) is 5.08. The molecule has 8 nitrogen and oxygen atoms in total. The molecule has 0 unspecified atom stereocenters. The molecule has 2 atom stereocenters. The Morgan fingerprint density at radius 1 is 1.12 bits per heavy atom. The Labute approximate surface area is 201 Å². The van der Waals surface area contributed by atoms with Gasteiger partial charge in [-0.25, -0.2) is 4.39 Å². The highest BCUT2D eigenvalue weighted by atomic mass is 32.2. The Hall–Kier alpha value is -3.53. The number of rotatable bonds is 9. The Balaban J connectivity index is 1.68. The summed E-state index contributed by atoms with van der Waals surface area (Å²) in [7, 11) is 1.74. The Morgan fingerprint density at radius 2 is 1.85 bits per heavy atom. The quantitative estimate of drug-likeness (QED) is 0.350. The molecule has 0 saturated carbocycles. The molecule has 178 valence electrons. The molecule has 0 aliphatic carbocycles. The largest absolute Gasteiger partial charge is 0.342 e. The van der Waals surface area contributed by atoms with Gasteiger partial charge in [0.25, 0.3) is 5.91 Å². The van der Waals surface area contributed by atoms with Crippen LogP contribution in [0.1, 0.15) is 59.8 Å². The van der Waals surface area contributed by atoms with E-state index in [1.165, 1.54) is 36.9 Å². The Bertz CT molecular complexity index is 1210. The third kappa shape index (κ3) is 5.88. The van der Waals surface area contributed by atoms with Crippen molar-refractivity contribution in [1.29, 1.82) is 0 Å². The van der Waals surface area contributed by atoms with E-state index in [-0.39, 0.29) is 17.3 Å². The van der Waals surface area contributed by atoms with Crippen LogP contribution >= 0.6 is 11.8 Å². The molecule has 3 aromatic rings. The molecule has 0 fully saturated rings. The number of nitrogens with zero attached hydrogens (tertiary/aromatic N) is 3. The van der Waals surface area contributed by atoms with E-state index in [9.17, 15) is 18.8 Å². The molecule has 0 aliphatic heterocycles. The average molecular weight is 484 g/mol. The first-order valence-corrected chi connectivity index (χ1v) is 11.6. The highest BCUT2D eigenvalue weighted by molar-refractivity contribution is 8.00. The summed E-state index contributed by atoms with van der Waals surface area (Å²) in [6.07, 6.45) is 0.532. The van der Waals surface area contributed by atoms with Crippen LogP contribution in [0.15, 0.2) is 53.7 Å². The van der Waals surface area contributed by atoms with Crippen molar-refractivity contribution in [2.45, 2.75) is 43.6 Å². The number of nitrogens with one attached hydrogen (secondary N) is 2. The van der Waals surface area contributed by atoms with Gasteiger partial charge in [0.15, 0.2) is 16.8 Å². The molecule has 0 aliphatic rings. The van der Waals surface area contributed by atoms with E-state index in [0.29, 0.717) is 28.7 Å². The molecule has 2 N–H and O–H groups in total. The van der Waals surface area contributed by atoms with Crippen LogP contribution in [0.4, 0.5) is 10.1 Å². The van der Waals surface area contributed by atoms with Crippen molar-refractivity contribution in [2.75, 3.05) is 5.32 Å². The molecule has 1 aromatic heterocycles. The van der Waals surface area contributed by atoms with Gasteiger partial charge >= 0.3 is 0 Å². The van der Waals surface area contributed by atoms with Crippen LogP contribution in [-0.2, 0) is 11.8 Å². The van der Waals surface area contributed by atoms with Crippen molar-refractivity contribution >= 4 is 35.0 Å². The topological polar surface area (TPSA) is 106 Å². The van der Waals surface area contributed by atoms with Gasteiger partial charge in [0.1, 0.15) is 5.82 Å². The lowest BCUT2D eigenvalue weighted by Crippen LogP contribution is -2.29. The van der Waals surface area contributed by atoms with Gasteiger partial charge in [-0.2, -0.15) is 0 Å². The lowest BCUT2D eigenvalue weighted by atomic mass is 10.1. The van der Waals surface area contributed by atoms with E-state index < -0.39 is 23.0 Å². The number of carbonyl (C=O) groups is 3. The maximum absolute atomic E-state index is 13.9. The van der Waals surface area contributed by atoms with Gasteiger partial charge in [-0.05, 0) is 44.5 Å². The minimum absolute atomic E-state index is 0.0531. The first-order valence-electron chi connectivity index (χ1n) is 10.7. The number of hydrogen-bond donors (Lipinski definition) is 2. The first-order chi connectivity index (χ1) is 16.2. The van der Waals surface area contributed by atoms with Crippen molar-refractivity contribution in [2.24, 2.45) is 7.05 Å². The lowest BCUT2D eigenvalue weighted by Gasteiger charge is -2.16. The van der Waals surface area contributed by atoms with Gasteiger partial charge in [0, 0.05) is 18.3 Å². The zero-order valence-corrected chi connectivity index (χ0v) is 20.1. The summed E-state index contributed by atoms with van der Waals surface area (Å²) in [5.41, 5.74) is 1.01. The van der Waals surface area contributed by atoms with E-state index in [4.69, 9.17) is 0 Å². The standard InChI is InChI=1S/C24H26FN5O3S/c1-5-20(23(33)27-17-10-8-9-16(13-17)15(3)31)34-24-29-28-21(30(24)4)14(2)26-22(32)18-11-6-7-12-19(18)25/h6-14,20H,5H2,1-4H3,(H,26,32)(H,27,33)/t14-,20+/m0/s1. The van der Waals surface area contributed by atoms with Crippen LogP contribution in [0.5, 0.6) is 0 Å². The summed E-state index contributed by atoms with van der Waals surface area (Å²) < 4.78 is 15.6. The van der Waals surface area contributed by atoms with Crippen molar-refractivity contribution in [3.05, 3.63) is 71.3 Å². The highest BCUT2D eigenvalue weighted by Gasteiger charge is 2.24. The molecular weight excluding hydrogens is 457 g/mol. The minimum Gasteiger partial charge on any atom is -0.342 e. The van der Waals surface area contributed by atoms with E-state index in [2.05, 4.69) is 20.8 Å². The number of aromatic nitrogens is 3. The molecule has 34 heavy (non-hydrogen) atoms. The molecule has 0 spiro atoms. The summed E-state index contributed by atoms with van der Waals surface area (Å²) in [5.74, 6) is -0.996. The molecule has 2 amide bonds. The minimum atomic E-state index is -0.605. The number of thioether (sulfide) groups is 1. The number of anilines is 1. The summed E-state index contributed by atoms with van der Waals surface area (Å²) in [4.78, 5) is 36.9. The predicted molar refractivity (Wildman–Crippen MR) is 128 cm³/mol. The molecule has 0 saturated heterocycles. The van der Waals surface area contributed by atoms with Gasteiger partial charge in [0.05, 0.1) is 16.9 Å². The van der Waals surface area contributed by atoms with Crippen molar-refractivity contribution < 1.29 is 18.8 Å². The zero-order valence-electron chi connectivity index (χ0n) is 19.3. The van der Waals surface area contributed by atoms with Gasteiger partial charge in [-0.1, -0.05) is 43.0 Å². The number of benzene rings is 2. The second-order valence-corrected chi connectivity index (χ2v) is 8.89. The van der Waals surface area contributed by atoms with Crippen LogP contribution in [0.25, 0.3) is 0 Å². The van der Waals surface area contributed by atoms with Gasteiger partial charge in [-0.15, -0.1) is 10.2 Å². The van der Waals surface area contributed by atoms with Crippen molar-refractivity contribution in [3.63, 3.8) is 0 Å². The Kier molecular flexibility index (Phi) is 8.17. The normalized spacial score (nSPS) is 12.6. The van der Waals surface area contributed by atoms with E-state index in [1.54, 1.807) is 48.9 Å². The van der Waals surface area contributed by atoms with Gasteiger partial charge in [0.2, 0.25) is 5.91 Å². The van der Waals surface area contributed by atoms with Crippen LogP contribution in [0.2, 0.25) is 0 Å². The zero-order chi connectivity index (χ0) is 24.8. The van der Waals surface area contributed by atoms with Gasteiger partial charge < -0.3 is 15.2 Å². The smallest absolute Gasteiger partial charge is 0.254 e. The number of hydrogen-bond acceptors (Lipinski definition) is 6. The van der Waals surface area contributed by atoms with Crippen LogP contribution < -0.4 is 10.6 Å². The SMILES string of the molecule is CC[C@@H](Sc1nnc([C@H](C)NC(=O)c2ccccc2F)n1C)C(=O)Nc1cccc(C(C)=O)c1. The summed E-state index contributed by atoms with van der Waals surface area (Å²) >= 11 is 1.25. The third-order valence-corrected chi connectivity index (χ3v) is 6.57. The third-order valence-electron chi connectivity index (χ3n) is 5.17. The van der Waals surface area contributed by atoms with Crippen molar-refractivity contribution in [1.82, 2.24) is 20.1 Å². The number of halogens is 1. The molecule has 3 rings (SSSR count). The number of ketones is 1. The van der Waals surface area contributed by atoms with Crippen LogP contribution in [0, 0.1) is 5.82 Å². The van der Waals surface area contributed by atoms with E-state index in [1.807, 2.05) is 6.92 Å². The second kappa shape index (κ2) is 11.1. The number of amides is 2. The molecule has 0 bridgehead atoms. The number of carbonyl (C=O) groups excluding carboxylic acids is 3. The maximum atomic E-state index is 13.9. The lowest BCUT2D eigenvalue weighted by molar-refractivity contribution is -0.115.